The lowest BCUT2D eigenvalue weighted by Gasteiger charge is -2.25. The van der Waals surface area contributed by atoms with Crippen molar-refractivity contribution in [2.75, 3.05) is 5.32 Å². The number of nitrogens with two attached hydrogens (primary N) is 1. The summed E-state index contributed by atoms with van der Waals surface area (Å²) in [6, 6.07) is 2.45. The van der Waals surface area contributed by atoms with Crippen molar-refractivity contribution in [1.29, 1.82) is 0 Å². The topological polar surface area (TPSA) is 72.2 Å². The summed E-state index contributed by atoms with van der Waals surface area (Å²) in [5.41, 5.74) is 4.46. The Balaban J connectivity index is 2.31. The molecule has 102 valence electrons. The highest BCUT2D eigenvalue weighted by atomic mass is 19.4. The number of fused-ring (bicyclic) bond motifs is 1. The summed E-state index contributed by atoms with van der Waals surface area (Å²) in [4.78, 5) is 22.6. The van der Waals surface area contributed by atoms with E-state index in [0.717, 1.165) is 12.1 Å². The molecule has 0 saturated heterocycles. The Morgan fingerprint density at radius 1 is 1.42 bits per heavy atom. The van der Waals surface area contributed by atoms with Crippen LogP contribution in [0.2, 0.25) is 0 Å². The Morgan fingerprint density at radius 2 is 2.11 bits per heavy atom. The molecule has 1 atom stereocenters. The molecular formula is C12H11F3N2O2. The van der Waals surface area contributed by atoms with Crippen molar-refractivity contribution >= 4 is 17.4 Å². The van der Waals surface area contributed by atoms with Crippen LogP contribution in [0, 0.1) is 0 Å². The van der Waals surface area contributed by atoms with Crippen LogP contribution < -0.4 is 11.1 Å². The number of Topliss-reactive ketones (excluding diaryl/α,β-unsaturated/α-hetero) is 1. The average molecular weight is 272 g/mol. The van der Waals surface area contributed by atoms with Gasteiger partial charge in [0.2, 0.25) is 5.91 Å². The lowest BCUT2D eigenvalue weighted by Crippen LogP contribution is -2.33. The number of alkyl halides is 3. The van der Waals surface area contributed by atoms with Crippen LogP contribution in [-0.4, -0.2) is 17.7 Å². The number of rotatable bonds is 2. The molecule has 0 aromatic heterocycles. The first-order valence-electron chi connectivity index (χ1n) is 5.56. The van der Waals surface area contributed by atoms with Crippen LogP contribution in [0.15, 0.2) is 18.2 Å². The summed E-state index contributed by atoms with van der Waals surface area (Å²) in [6.07, 6.45) is -4.57. The van der Waals surface area contributed by atoms with Gasteiger partial charge < -0.3 is 11.1 Å². The standard InChI is InChI=1S/C12H11F3N2O2/c13-12(14,15)6-1-2-9-8(3-6)10(18)4-7(17-9)5-11(16)19/h1-3,7,17H,4-5H2,(H2,16,19). The number of anilines is 1. The van der Waals surface area contributed by atoms with Crippen molar-refractivity contribution in [2.24, 2.45) is 5.73 Å². The van der Waals surface area contributed by atoms with Gasteiger partial charge in [-0.1, -0.05) is 0 Å². The van der Waals surface area contributed by atoms with Crippen LogP contribution in [0.5, 0.6) is 0 Å². The van der Waals surface area contributed by atoms with E-state index in [9.17, 15) is 22.8 Å². The average Bonchev–Trinajstić information content (AvgIpc) is 2.26. The maximum Gasteiger partial charge on any atom is 0.416 e. The van der Waals surface area contributed by atoms with Gasteiger partial charge in [-0.15, -0.1) is 0 Å². The van der Waals surface area contributed by atoms with E-state index in [2.05, 4.69) is 5.32 Å². The van der Waals surface area contributed by atoms with E-state index in [1.165, 1.54) is 6.07 Å². The Kier molecular flexibility index (Phi) is 3.21. The van der Waals surface area contributed by atoms with Crippen LogP contribution in [0.25, 0.3) is 0 Å². The van der Waals surface area contributed by atoms with Gasteiger partial charge in [-0.25, -0.2) is 0 Å². The number of hydrogen-bond donors (Lipinski definition) is 2. The second kappa shape index (κ2) is 4.56. The fourth-order valence-electron chi connectivity index (χ4n) is 2.05. The summed E-state index contributed by atoms with van der Waals surface area (Å²) in [5, 5.41) is 2.85. The molecule has 0 aliphatic carbocycles. The van der Waals surface area contributed by atoms with Crippen molar-refractivity contribution in [3.63, 3.8) is 0 Å². The van der Waals surface area contributed by atoms with Gasteiger partial charge in [0, 0.05) is 30.1 Å². The highest BCUT2D eigenvalue weighted by Gasteiger charge is 2.33. The minimum atomic E-state index is -4.49. The minimum Gasteiger partial charge on any atom is -0.381 e. The zero-order chi connectivity index (χ0) is 14.2. The second-order valence-electron chi connectivity index (χ2n) is 4.40. The molecule has 1 heterocycles. The lowest BCUT2D eigenvalue weighted by atomic mass is 9.93. The Morgan fingerprint density at radius 3 is 2.68 bits per heavy atom. The fraction of sp³-hybridized carbons (Fsp3) is 0.333. The molecule has 0 bridgehead atoms. The van der Waals surface area contributed by atoms with Gasteiger partial charge in [-0.3, -0.25) is 9.59 Å². The molecule has 19 heavy (non-hydrogen) atoms. The second-order valence-corrected chi connectivity index (χ2v) is 4.40. The third kappa shape index (κ3) is 2.86. The summed E-state index contributed by atoms with van der Waals surface area (Å²) in [7, 11) is 0. The predicted molar refractivity (Wildman–Crippen MR) is 61.6 cm³/mol. The zero-order valence-corrected chi connectivity index (χ0v) is 9.75. The van der Waals surface area contributed by atoms with Gasteiger partial charge in [0.1, 0.15) is 0 Å². The van der Waals surface area contributed by atoms with Crippen LogP contribution >= 0.6 is 0 Å². The van der Waals surface area contributed by atoms with Crippen LogP contribution in [0.3, 0.4) is 0 Å². The number of amides is 1. The maximum absolute atomic E-state index is 12.5. The van der Waals surface area contributed by atoms with E-state index >= 15 is 0 Å². The first-order chi connectivity index (χ1) is 8.77. The molecule has 7 heteroatoms. The molecule has 0 fully saturated rings. The van der Waals surface area contributed by atoms with Crippen molar-refractivity contribution in [3.05, 3.63) is 29.3 Å². The Hall–Kier alpha value is -2.05. The number of hydrogen-bond acceptors (Lipinski definition) is 3. The number of nitrogens with one attached hydrogen (secondary N) is 1. The SMILES string of the molecule is NC(=O)CC1CC(=O)c2cc(C(F)(F)F)ccc2N1. The number of benzene rings is 1. The predicted octanol–water partition coefficient (Wildman–Crippen LogP) is 1.95. The molecule has 1 aromatic carbocycles. The first kappa shape index (κ1) is 13.4. The summed E-state index contributed by atoms with van der Waals surface area (Å²) >= 11 is 0. The number of halogens is 3. The first-order valence-corrected chi connectivity index (χ1v) is 5.56. The van der Waals surface area contributed by atoms with Crippen LogP contribution in [0.1, 0.15) is 28.8 Å². The molecule has 4 nitrogen and oxygen atoms in total. The fourth-order valence-corrected chi connectivity index (χ4v) is 2.05. The number of carbonyl (C=O) groups excluding carboxylic acids is 2. The van der Waals surface area contributed by atoms with Gasteiger partial charge in [-0.05, 0) is 18.2 Å². The monoisotopic (exact) mass is 272 g/mol. The summed E-state index contributed by atoms with van der Waals surface area (Å²) < 4.78 is 37.6. The van der Waals surface area contributed by atoms with Crippen molar-refractivity contribution < 1.29 is 22.8 Å². The van der Waals surface area contributed by atoms with E-state index in [4.69, 9.17) is 5.73 Å². The molecule has 0 radical (unpaired) electrons. The van der Waals surface area contributed by atoms with E-state index in [1.54, 1.807) is 0 Å². The maximum atomic E-state index is 12.5. The van der Waals surface area contributed by atoms with Crippen molar-refractivity contribution in [1.82, 2.24) is 0 Å². The van der Waals surface area contributed by atoms with Crippen molar-refractivity contribution in [3.8, 4) is 0 Å². The molecule has 3 N–H and O–H groups in total. The van der Waals surface area contributed by atoms with Gasteiger partial charge in [0.25, 0.3) is 0 Å². The van der Waals surface area contributed by atoms with E-state index in [0.29, 0.717) is 5.69 Å². The molecule has 1 aromatic rings. The van der Waals surface area contributed by atoms with Gasteiger partial charge >= 0.3 is 6.18 Å². The van der Waals surface area contributed by atoms with Gasteiger partial charge in [0.15, 0.2) is 5.78 Å². The van der Waals surface area contributed by atoms with Gasteiger partial charge in [-0.2, -0.15) is 13.2 Å². The quantitative estimate of drug-likeness (QED) is 0.864. The molecule has 1 amide bonds. The molecule has 1 aliphatic heterocycles. The van der Waals surface area contributed by atoms with E-state index < -0.39 is 29.5 Å². The third-order valence-electron chi connectivity index (χ3n) is 2.89. The summed E-state index contributed by atoms with van der Waals surface area (Å²) in [6.45, 7) is 0. The molecule has 0 saturated carbocycles. The number of primary amides is 1. The van der Waals surface area contributed by atoms with Crippen LogP contribution in [0.4, 0.5) is 18.9 Å². The summed E-state index contributed by atoms with van der Waals surface area (Å²) in [5.74, 6) is -0.994. The molecule has 1 unspecified atom stereocenters. The molecule has 0 spiro atoms. The Bertz CT molecular complexity index is 540. The van der Waals surface area contributed by atoms with E-state index in [1.807, 2.05) is 0 Å². The third-order valence-corrected chi connectivity index (χ3v) is 2.89. The number of ketones is 1. The highest BCUT2D eigenvalue weighted by molar-refractivity contribution is 6.04. The molecule has 1 aliphatic rings. The van der Waals surface area contributed by atoms with Crippen molar-refractivity contribution in [2.45, 2.75) is 25.1 Å². The zero-order valence-electron chi connectivity index (χ0n) is 9.75. The largest absolute Gasteiger partial charge is 0.416 e. The minimum absolute atomic E-state index is 0.00412. The smallest absolute Gasteiger partial charge is 0.381 e. The highest BCUT2D eigenvalue weighted by Crippen LogP contribution is 2.34. The van der Waals surface area contributed by atoms with Crippen LogP contribution in [-0.2, 0) is 11.0 Å². The number of carbonyl (C=O) groups is 2. The normalized spacial score (nSPS) is 18.7. The van der Waals surface area contributed by atoms with Gasteiger partial charge in [0.05, 0.1) is 5.56 Å². The molecule has 2 rings (SSSR count). The molecular weight excluding hydrogens is 261 g/mol. The lowest BCUT2D eigenvalue weighted by molar-refractivity contribution is -0.137. The van der Waals surface area contributed by atoms with E-state index in [-0.39, 0.29) is 18.4 Å². The Labute approximate surface area is 106 Å².